The Morgan fingerprint density at radius 3 is 2.71 bits per heavy atom. The minimum absolute atomic E-state index is 0.0801. The molecule has 0 radical (unpaired) electrons. The molecule has 2 rings (SSSR count). The Balaban J connectivity index is 2.10. The van der Waals surface area contributed by atoms with Gasteiger partial charge in [0, 0.05) is 0 Å². The molecule has 0 aromatic heterocycles. The van der Waals surface area contributed by atoms with E-state index in [2.05, 4.69) is 17.4 Å². The maximum Gasteiger partial charge on any atom is 0.274 e. The third kappa shape index (κ3) is 3.25. The Morgan fingerprint density at radius 2 is 2.06 bits per heavy atom. The Bertz CT molecular complexity index is 519. The van der Waals surface area contributed by atoms with Crippen LogP contribution in [0.1, 0.15) is 0 Å². The standard InChI is InChI=1S/C9H12N2O4S2/c10-17(12,13)11-5-9(16)6-14-7-3-1-2-4-8(7)15-9/h1-4,11,16H,5-6H2,(H2,10,12,13)/t9-/m0/s1. The van der Waals surface area contributed by atoms with E-state index in [1.165, 1.54) is 0 Å². The number of hydrogen-bond donors (Lipinski definition) is 3. The van der Waals surface area contributed by atoms with Gasteiger partial charge in [-0.2, -0.15) is 13.1 Å². The molecule has 94 valence electrons. The highest BCUT2D eigenvalue weighted by Gasteiger charge is 2.34. The summed E-state index contributed by atoms with van der Waals surface area (Å²) in [5.41, 5.74) is 0. The Kier molecular flexibility index (Phi) is 3.21. The fourth-order valence-corrected chi connectivity index (χ4v) is 2.16. The molecule has 6 nitrogen and oxygen atoms in total. The summed E-state index contributed by atoms with van der Waals surface area (Å²) in [6, 6.07) is 7.08. The van der Waals surface area contributed by atoms with Crippen molar-refractivity contribution >= 4 is 22.8 Å². The van der Waals surface area contributed by atoms with E-state index in [9.17, 15) is 8.42 Å². The molecule has 0 saturated heterocycles. The van der Waals surface area contributed by atoms with Crippen molar-refractivity contribution in [2.75, 3.05) is 13.2 Å². The topological polar surface area (TPSA) is 90.7 Å². The second-order valence-corrected chi connectivity index (χ2v) is 5.84. The lowest BCUT2D eigenvalue weighted by Gasteiger charge is -2.34. The molecule has 0 unspecified atom stereocenters. The van der Waals surface area contributed by atoms with Crippen LogP contribution in [0.25, 0.3) is 0 Å². The van der Waals surface area contributed by atoms with Gasteiger partial charge in [0.05, 0.1) is 6.54 Å². The molecule has 1 heterocycles. The van der Waals surface area contributed by atoms with Crippen molar-refractivity contribution in [3.63, 3.8) is 0 Å². The highest BCUT2D eigenvalue weighted by molar-refractivity contribution is 7.87. The largest absolute Gasteiger partial charge is 0.485 e. The second kappa shape index (κ2) is 4.37. The summed E-state index contributed by atoms with van der Waals surface area (Å²) in [6.45, 7) is 0.0406. The first-order valence-electron chi connectivity index (χ1n) is 4.79. The summed E-state index contributed by atoms with van der Waals surface area (Å²) in [5.74, 6) is 1.12. The van der Waals surface area contributed by atoms with Crippen molar-refractivity contribution in [1.82, 2.24) is 4.72 Å². The molecule has 0 saturated carbocycles. The number of ether oxygens (including phenoxy) is 2. The number of rotatable bonds is 3. The van der Waals surface area contributed by atoms with E-state index in [4.69, 9.17) is 14.6 Å². The minimum atomic E-state index is -3.77. The number of hydrogen-bond acceptors (Lipinski definition) is 5. The minimum Gasteiger partial charge on any atom is -0.485 e. The van der Waals surface area contributed by atoms with Gasteiger partial charge in [0.25, 0.3) is 10.2 Å². The molecule has 1 aromatic carbocycles. The van der Waals surface area contributed by atoms with E-state index in [1.807, 2.05) is 6.07 Å². The average Bonchev–Trinajstić information content (AvgIpc) is 2.26. The van der Waals surface area contributed by atoms with Crippen LogP contribution in [0.4, 0.5) is 0 Å². The van der Waals surface area contributed by atoms with Crippen molar-refractivity contribution in [3.8, 4) is 11.5 Å². The van der Waals surface area contributed by atoms with Crippen LogP contribution in [0.5, 0.6) is 11.5 Å². The van der Waals surface area contributed by atoms with Gasteiger partial charge >= 0.3 is 0 Å². The smallest absolute Gasteiger partial charge is 0.274 e. The molecular weight excluding hydrogens is 264 g/mol. The Morgan fingerprint density at radius 1 is 1.41 bits per heavy atom. The second-order valence-electron chi connectivity index (χ2n) is 3.65. The highest BCUT2D eigenvalue weighted by atomic mass is 32.2. The van der Waals surface area contributed by atoms with Gasteiger partial charge in [0.1, 0.15) is 6.61 Å². The average molecular weight is 276 g/mol. The Labute approximate surface area is 105 Å². The first-order chi connectivity index (χ1) is 7.88. The van der Waals surface area contributed by atoms with Gasteiger partial charge in [-0.3, -0.25) is 0 Å². The summed E-state index contributed by atoms with van der Waals surface area (Å²) >= 11 is 4.26. The molecule has 3 N–H and O–H groups in total. The van der Waals surface area contributed by atoms with Crippen LogP contribution in [0.2, 0.25) is 0 Å². The van der Waals surface area contributed by atoms with Gasteiger partial charge in [0.2, 0.25) is 0 Å². The molecule has 1 atom stereocenters. The van der Waals surface area contributed by atoms with Gasteiger partial charge in [0.15, 0.2) is 16.4 Å². The van der Waals surface area contributed by atoms with Crippen molar-refractivity contribution < 1.29 is 17.9 Å². The molecule has 8 heteroatoms. The van der Waals surface area contributed by atoms with Crippen molar-refractivity contribution in [3.05, 3.63) is 24.3 Å². The summed E-state index contributed by atoms with van der Waals surface area (Å²) in [5, 5.41) is 4.84. The predicted octanol–water partition coefficient (Wildman–Crippen LogP) is -0.123. The Hall–Kier alpha value is -0.960. The van der Waals surface area contributed by atoms with Crippen LogP contribution < -0.4 is 19.3 Å². The van der Waals surface area contributed by atoms with E-state index < -0.39 is 15.1 Å². The van der Waals surface area contributed by atoms with Gasteiger partial charge in [-0.15, -0.1) is 12.6 Å². The summed E-state index contributed by atoms with van der Waals surface area (Å²) < 4.78 is 34.7. The van der Waals surface area contributed by atoms with Crippen LogP contribution in [0.15, 0.2) is 24.3 Å². The molecule has 17 heavy (non-hydrogen) atoms. The third-order valence-electron chi connectivity index (χ3n) is 2.15. The number of fused-ring (bicyclic) bond motifs is 1. The maximum atomic E-state index is 10.8. The number of nitrogens with one attached hydrogen (secondary N) is 1. The van der Waals surface area contributed by atoms with E-state index in [0.29, 0.717) is 11.5 Å². The van der Waals surface area contributed by atoms with Gasteiger partial charge in [-0.05, 0) is 12.1 Å². The van der Waals surface area contributed by atoms with Crippen LogP contribution in [-0.4, -0.2) is 26.5 Å². The zero-order valence-electron chi connectivity index (χ0n) is 8.79. The maximum absolute atomic E-state index is 10.8. The first kappa shape index (κ1) is 12.5. The zero-order chi connectivity index (χ0) is 12.5. The molecule has 1 aliphatic rings. The number of benzene rings is 1. The van der Waals surface area contributed by atoms with E-state index in [1.54, 1.807) is 18.2 Å². The molecule has 1 aliphatic heterocycles. The quantitative estimate of drug-likeness (QED) is 0.671. The fraction of sp³-hybridized carbons (Fsp3) is 0.333. The molecule has 0 spiro atoms. The van der Waals surface area contributed by atoms with Crippen LogP contribution in [0.3, 0.4) is 0 Å². The number of nitrogens with two attached hydrogens (primary N) is 1. The van der Waals surface area contributed by atoms with Gasteiger partial charge in [-0.1, -0.05) is 12.1 Å². The van der Waals surface area contributed by atoms with Crippen LogP contribution >= 0.6 is 12.6 Å². The van der Waals surface area contributed by atoms with Crippen molar-refractivity contribution in [1.29, 1.82) is 0 Å². The van der Waals surface area contributed by atoms with E-state index >= 15 is 0 Å². The normalized spacial score (nSPS) is 23.4. The summed E-state index contributed by atoms with van der Waals surface area (Å²) in [6.07, 6.45) is 0. The van der Waals surface area contributed by atoms with Crippen molar-refractivity contribution in [2.24, 2.45) is 5.14 Å². The first-order valence-corrected chi connectivity index (χ1v) is 6.78. The van der Waals surface area contributed by atoms with Gasteiger partial charge in [-0.25, -0.2) is 5.14 Å². The fourth-order valence-electron chi connectivity index (χ4n) is 1.38. The third-order valence-corrected chi connectivity index (χ3v) is 3.08. The van der Waals surface area contributed by atoms with E-state index in [0.717, 1.165) is 0 Å². The lowest BCUT2D eigenvalue weighted by atomic mass is 10.2. The van der Waals surface area contributed by atoms with Gasteiger partial charge < -0.3 is 9.47 Å². The lowest BCUT2D eigenvalue weighted by molar-refractivity contribution is 0.0692. The molecule has 0 amide bonds. The molecule has 0 fully saturated rings. The van der Waals surface area contributed by atoms with Crippen molar-refractivity contribution in [2.45, 2.75) is 4.93 Å². The molecular formula is C9H12N2O4S2. The molecule has 0 bridgehead atoms. The van der Waals surface area contributed by atoms with Crippen LogP contribution in [-0.2, 0) is 10.2 Å². The SMILES string of the molecule is NS(=O)(=O)NC[C@]1(S)COc2ccccc2O1. The van der Waals surface area contributed by atoms with Crippen LogP contribution in [0, 0.1) is 0 Å². The number of thiol groups is 1. The molecule has 1 aromatic rings. The lowest BCUT2D eigenvalue weighted by Crippen LogP contribution is -2.50. The summed E-state index contributed by atoms with van der Waals surface area (Å²) in [7, 11) is -3.77. The summed E-state index contributed by atoms with van der Waals surface area (Å²) in [4.78, 5) is -1.07. The zero-order valence-corrected chi connectivity index (χ0v) is 10.5. The monoisotopic (exact) mass is 276 g/mol. The molecule has 0 aliphatic carbocycles. The highest BCUT2D eigenvalue weighted by Crippen LogP contribution is 2.36. The predicted molar refractivity (Wildman–Crippen MR) is 65.4 cm³/mol. The van der Waals surface area contributed by atoms with E-state index in [-0.39, 0.29) is 13.2 Å². The number of para-hydroxylation sites is 2.